The molecule has 0 bridgehead atoms. The van der Waals surface area contributed by atoms with Crippen molar-refractivity contribution in [1.29, 1.82) is 0 Å². The van der Waals surface area contributed by atoms with Crippen LogP contribution in [-0.4, -0.2) is 23.5 Å². The van der Waals surface area contributed by atoms with Gasteiger partial charge in [-0.1, -0.05) is 59.6 Å². The lowest BCUT2D eigenvalue weighted by Gasteiger charge is -2.29. The number of hydrogen-bond acceptors (Lipinski definition) is 4. The normalized spacial score (nSPS) is 16.8. The maximum atomic E-state index is 13.3. The number of anilines is 2. The molecule has 0 radical (unpaired) electrons. The predicted octanol–water partition coefficient (Wildman–Crippen LogP) is 5.39. The topological polar surface area (TPSA) is 52.7 Å². The first-order chi connectivity index (χ1) is 16.4. The minimum Gasteiger partial charge on any atom is -0.367 e. The zero-order valence-electron chi connectivity index (χ0n) is 17.9. The van der Waals surface area contributed by atoms with Crippen LogP contribution in [0.25, 0.3) is 6.08 Å². The number of rotatable bonds is 4. The van der Waals surface area contributed by atoms with Gasteiger partial charge in [-0.25, -0.2) is 0 Å². The molecular formula is C26H19Cl2N3O2S. The summed E-state index contributed by atoms with van der Waals surface area (Å²) >= 11 is 17.9. The lowest BCUT2D eigenvalue weighted by Crippen LogP contribution is -2.54. The van der Waals surface area contributed by atoms with Crippen molar-refractivity contribution in [3.8, 4) is 0 Å². The Bertz CT molecular complexity index is 1370. The van der Waals surface area contributed by atoms with Gasteiger partial charge in [-0.15, -0.1) is 0 Å². The molecule has 5 rings (SSSR count). The first kappa shape index (κ1) is 22.6. The van der Waals surface area contributed by atoms with Crippen molar-refractivity contribution in [3.05, 3.63) is 99.0 Å². The predicted molar refractivity (Wildman–Crippen MR) is 140 cm³/mol. The molecule has 2 aliphatic rings. The fourth-order valence-electron chi connectivity index (χ4n) is 4.25. The van der Waals surface area contributed by atoms with Gasteiger partial charge in [0, 0.05) is 23.8 Å². The van der Waals surface area contributed by atoms with Crippen molar-refractivity contribution in [3.63, 3.8) is 0 Å². The van der Waals surface area contributed by atoms with Gasteiger partial charge < -0.3 is 4.90 Å². The Hall–Kier alpha value is -3.19. The number of carbonyl (C=O) groups excluding carboxylic acids is 2. The second kappa shape index (κ2) is 9.22. The fraction of sp³-hybridized carbons (Fsp3) is 0.115. The van der Waals surface area contributed by atoms with Crippen LogP contribution in [0.2, 0.25) is 10.0 Å². The van der Waals surface area contributed by atoms with Gasteiger partial charge in [0.25, 0.3) is 11.8 Å². The van der Waals surface area contributed by atoms with Crippen molar-refractivity contribution in [2.45, 2.75) is 13.0 Å². The van der Waals surface area contributed by atoms with Crippen LogP contribution in [0, 0.1) is 0 Å². The van der Waals surface area contributed by atoms with Gasteiger partial charge in [0.2, 0.25) is 0 Å². The first-order valence-electron chi connectivity index (χ1n) is 10.7. The average molecular weight is 508 g/mol. The number of fused-ring (bicyclic) bond motifs is 1. The van der Waals surface area contributed by atoms with E-state index in [2.05, 4.69) is 10.2 Å². The molecule has 0 spiro atoms. The summed E-state index contributed by atoms with van der Waals surface area (Å²) in [5, 5.41) is 3.72. The molecule has 0 saturated carbocycles. The maximum Gasteiger partial charge on any atom is 0.270 e. The van der Waals surface area contributed by atoms with Crippen molar-refractivity contribution >= 4 is 69.8 Å². The largest absolute Gasteiger partial charge is 0.367 e. The molecule has 1 N–H and O–H groups in total. The van der Waals surface area contributed by atoms with Crippen molar-refractivity contribution < 1.29 is 9.59 Å². The summed E-state index contributed by atoms with van der Waals surface area (Å²) in [7, 11) is 0. The molecule has 0 atom stereocenters. The van der Waals surface area contributed by atoms with Gasteiger partial charge in [-0.2, -0.15) is 0 Å². The summed E-state index contributed by atoms with van der Waals surface area (Å²) in [6, 6.07) is 20.6. The van der Waals surface area contributed by atoms with Gasteiger partial charge in [-0.05, 0) is 71.7 Å². The Morgan fingerprint density at radius 3 is 2.44 bits per heavy atom. The fourth-order valence-corrected chi connectivity index (χ4v) is 4.94. The van der Waals surface area contributed by atoms with Gasteiger partial charge in [-0.3, -0.25) is 19.8 Å². The number of amides is 2. The highest BCUT2D eigenvalue weighted by Gasteiger charge is 2.35. The Morgan fingerprint density at radius 2 is 1.68 bits per heavy atom. The smallest absolute Gasteiger partial charge is 0.270 e. The van der Waals surface area contributed by atoms with E-state index in [0.717, 1.165) is 46.9 Å². The summed E-state index contributed by atoms with van der Waals surface area (Å²) in [4.78, 5) is 29.4. The quantitative estimate of drug-likeness (QED) is 0.292. The van der Waals surface area contributed by atoms with E-state index in [1.54, 1.807) is 30.3 Å². The molecule has 2 amide bonds. The molecule has 0 aromatic heterocycles. The summed E-state index contributed by atoms with van der Waals surface area (Å²) in [5.74, 6) is -1.04. The molecule has 0 aliphatic carbocycles. The van der Waals surface area contributed by atoms with Crippen molar-refractivity contribution in [2.75, 3.05) is 16.3 Å². The van der Waals surface area contributed by atoms with E-state index in [1.165, 1.54) is 4.90 Å². The van der Waals surface area contributed by atoms with E-state index in [0.29, 0.717) is 10.7 Å². The highest BCUT2D eigenvalue weighted by molar-refractivity contribution is 7.80. The highest BCUT2D eigenvalue weighted by atomic mass is 35.5. The van der Waals surface area contributed by atoms with Crippen LogP contribution >= 0.6 is 35.4 Å². The molecule has 34 heavy (non-hydrogen) atoms. The molecule has 1 saturated heterocycles. The van der Waals surface area contributed by atoms with Crippen LogP contribution in [0.1, 0.15) is 16.7 Å². The molecule has 170 valence electrons. The molecule has 1 fully saturated rings. The van der Waals surface area contributed by atoms with Crippen LogP contribution in [0.15, 0.2) is 72.3 Å². The van der Waals surface area contributed by atoms with E-state index in [1.807, 2.05) is 42.5 Å². The second-order valence-corrected chi connectivity index (χ2v) is 9.26. The van der Waals surface area contributed by atoms with E-state index >= 15 is 0 Å². The van der Waals surface area contributed by atoms with Gasteiger partial charge in [0.1, 0.15) is 5.57 Å². The number of halogens is 2. The third kappa shape index (κ3) is 4.20. The van der Waals surface area contributed by atoms with Gasteiger partial charge in [0.15, 0.2) is 5.11 Å². The molecule has 8 heteroatoms. The maximum absolute atomic E-state index is 13.3. The number of benzene rings is 3. The third-order valence-corrected chi connectivity index (χ3v) is 6.89. The molecule has 2 heterocycles. The lowest BCUT2D eigenvalue weighted by atomic mass is 10.0. The number of carbonyl (C=O) groups is 2. The first-order valence-corrected chi connectivity index (χ1v) is 11.9. The Kier molecular flexibility index (Phi) is 6.13. The molecule has 3 aromatic carbocycles. The average Bonchev–Trinajstić information content (AvgIpc) is 3.21. The summed E-state index contributed by atoms with van der Waals surface area (Å²) in [6.07, 6.45) is 2.47. The van der Waals surface area contributed by atoms with E-state index in [9.17, 15) is 9.59 Å². The standard InChI is InChI=1S/C26H19Cl2N3O2S/c27-20-6-2-1-5-18(20)15-30-12-11-17-13-16(9-10-22(17)30)14-19-24(32)29-26(34)31(25(19)33)23-8-4-3-7-21(23)28/h1-10,13-14H,11-12,15H2,(H,29,32,34)/b19-14+. The number of nitrogens with zero attached hydrogens (tertiary/aromatic N) is 2. The van der Waals surface area contributed by atoms with Crippen LogP contribution in [0.5, 0.6) is 0 Å². The lowest BCUT2D eigenvalue weighted by molar-refractivity contribution is -0.122. The number of thiocarbonyl (C=S) groups is 1. The van der Waals surface area contributed by atoms with Crippen molar-refractivity contribution in [1.82, 2.24) is 5.32 Å². The Morgan fingerprint density at radius 1 is 0.941 bits per heavy atom. The van der Waals surface area contributed by atoms with Gasteiger partial charge >= 0.3 is 0 Å². The number of hydrogen-bond donors (Lipinski definition) is 1. The molecule has 0 unspecified atom stereocenters. The SMILES string of the molecule is O=C1NC(=S)N(c2ccccc2Cl)C(=O)/C1=C/c1ccc2c(c1)CCN2Cc1ccccc1Cl. The molecule has 5 nitrogen and oxygen atoms in total. The highest BCUT2D eigenvalue weighted by Crippen LogP contribution is 2.33. The van der Waals surface area contributed by atoms with E-state index in [-0.39, 0.29) is 10.7 Å². The van der Waals surface area contributed by atoms with Crippen LogP contribution in [0.3, 0.4) is 0 Å². The zero-order chi connectivity index (χ0) is 23.8. The minimum absolute atomic E-state index is 0.000565. The molecular weight excluding hydrogens is 489 g/mol. The van der Waals surface area contributed by atoms with Gasteiger partial charge in [0.05, 0.1) is 10.7 Å². The zero-order valence-corrected chi connectivity index (χ0v) is 20.3. The monoisotopic (exact) mass is 507 g/mol. The number of nitrogens with one attached hydrogen (secondary N) is 1. The Balaban J connectivity index is 1.43. The van der Waals surface area contributed by atoms with Crippen LogP contribution in [0.4, 0.5) is 11.4 Å². The molecule has 3 aromatic rings. The second-order valence-electron chi connectivity index (χ2n) is 8.06. The third-order valence-electron chi connectivity index (χ3n) is 5.92. The van der Waals surface area contributed by atoms with E-state index < -0.39 is 11.8 Å². The summed E-state index contributed by atoms with van der Waals surface area (Å²) < 4.78 is 0. The summed E-state index contributed by atoms with van der Waals surface area (Å²) in [5.41, 5.74) is 4.55. The summed E-state index contributed by atoms with van der Waals surface area (Å²) in [6.45, 7) is 1.59. The Labute approximate surface area is 212 Å². The van der Waals surface area contributed by atoms with E-state index in [4.69, 9.17) is 35.4 Å². The van der Waals surface area contributed by atoms with Crippen molar-refractivity contribution in [2.24, 2.45) is 0 Å². The number of para-hydroxylation sites is 1. The minimum atomic E-state index is -0.529. The van der Waals surface area contributed by atoms with Crippen LogP contribution in [-0.2, 0) is 22.6 Å². The van der Waals surface area contributed by atoms with Crippen LogP contribution < -0.4 is 15.1 Å². The molecule has 2 aliphatic heterocycles.